The average molecular weight is 157 g/mol. The molecule has 1 nitrogen and oxygen atoms in total. The molecule has 0 saturated heterocycles. The summed E-state index contributed by atoms with van der Waals surface area (Å²) in [5.41, 5.74) is 5.77. The van der Waals surface area contributed by atoms with E-state index in [1.54, 1.807) is 0 Å². The fourth-order valence-corrected chi connectivity index (χ4v) is 1.74. The van der Waals surface area contributed by atoms with Crippen LogP contribution < -0.4 is 5.73 Å². The van der Waals surface area contributed by atoms with Crippen molar-refractivity contribution in [3.05, 3.63) is 0 Å². The molecule has 0 saturated carbocycles. The minimum absolute atomic E-state index is 0.352. The quantitative estimate of drug-likeness (QED) is 0.667. The van der Waals surface area contributed by atoms with E-state index in [4.69, 9.17) is 5.73 Å². The molecule has 0 amide bonds. The van der Waals surface area contributed by atoms with Gasteiger partial charge < -0.3 is 5.73 Å². The number of hydrogen-bond acceptors (Lipinski definition) is 1. The van der Waals surface area contributed by atoms with Crippen molar-refractivity contribution in [3.63, 3.8) is 0 Å². The fourth-order valence-electron chi connectivity index (χ4n) is 1.74. The van der Waals surface area contributed by atoms with Crippen LogP contribution in [-0.2, 0) is 0 Å². The molecule has 0 aromatic carbocycles. The maximum absolute atomic E-state index is 5.77. The molecule has 1 heteroatoms. The normalized spacial score (nSPS) is 15.0. The molecule has 11 heavy (non-hydrogen) atoms. The van der Waals surface area contributed by atoms with Gasteiger partial charge in [0.1, 0.15) is 0 Å². The third-order valence-electron chi connectivity index (χ3n) is 2.36. The zero-order valence-electron chi connectivity index (χ0n) is 8.59. The number of nitrogens with two attached hydrogens (primary N) is 1. The molecule has 0 rings (SSSR count). The van der Waals surface area contributed by atoms with Gasteiger partial charge in [0, 0.05) is 6.04 Å². The Morgan fingerprint density at radius 3 is 1.36 bits per heavy atom. The van der Waals surface area contributed by atoms with Crippen LogP contribution in [0.25, 0.3) is 0 Å². The first-order valence-corrected chi connectivity index (χ1v) is 4.70. The van der Waals surface area contributed by atoms with Crippen LogP contribution in [0.15, 0.2) is 0 Å². The highest BCUT2D eigenvalue weighted by Gasteiger charge is 2.18. The van der Waals surface area contributed by atoms with Crippen molar-refractivity contribution < 1.29 is 0 Å². The lowest BCUT2D eigenvalue weighted by molar-refractivity contribution is 0.256. The van der Waals surface area contributed by atoms with Crippen LogP contribution in [-0.4, -0.2) is 6.04 Å². The molecule has 0 bridgehead atoms. The van der Waals surface area contributed by atoms with Crippen LogP contribution in [0, 0.1) is 17.8 Å². The first kappa shape index (κ1) is 11.0. The van der Waals surface area contributed by atoms with E-state index in [9.17, 15) is 0 Å². The molecule has 0 aliphatic heterocycles. The van der Waals surface area contributed by atoms with Gasteiger partial charge in [0.05, 0.1) is 0 Å². The summed E-state index contributed by atoms with van der Waals surface area (Å²) >= 11 is 0. The van der Waals surface area contributed by atoms with Gasteiger partial charge in [-0.2, -0.15) is 0 Å². The first-order valence-electron chi connectivity index (χ1n) is 4.70. The van der Waals surface area contributed by atoms with Crippen molar-refractivity contribution in [2.75, 3.05) is 0 Å². The molecule has 0 heterocycles. The van der Waals surface area contributed by atoms with Gasteiger partial charge in [0.15, 0.2) is 0 Å². The van der Waals surface area contributed by atoms with E-state index in [0.29, 0.717) is 6.04 Å². The van der Waals surface area contributed by atoms with E-state index in [-0.39, 0.29) is 0 Å². The van der Waals surface area contributed by atoms with Gasteiger partial charge in [-0.25, -0.2) is 0 Å². The Bertz CT molecular complexity index is 87.0. The van der Waals surface area contributed by atoms with Gasteiger partial charge in [-0.05, 0) is 31.1 Å². The molecule has 1 unspecified atom stereocenters. The second kappa shape index (κ2) is 4.76. The summed E-state index contributed by atoms with van der Waals surface area (Å²) in [5.74, 6) is 2.32. The summed E-state index contributed by atoms with van der Waals surface area (Å²) in [6.45, 7) is 11.2. The lowest BCUT2D eigenvalue weighted by atomic mass is 9.81. The van der Waals surface area contributed by atoms with E-state index in [1.165, 1.54) is 0 Å². The summed E-state index contributed by atoms with van der Waals surface area (Å²) < 4.78 is 0. The maximum atomic E-state index is 5.77. The van der Waals surface area contributed by atoms with Crippen molar-refractivity contribution in [3.8, 4) is 0 Å². The van der Waals surface area contributed by atoms with Gasteiger partial charge in [-0.1, -0.05) is 27.7 Å². The van der Waals surface area contributed by atoms with Gasteiger partial charge in [0.2, 0.25) is 0 Å². The highest BCUT2D eigenvalue weighted by Crippen LogP contribution is 2.24. The zero-order valence-corrected chi connectivity index (χ0v) is 8.59. The average Bonchev–Trinajstić information content (AvgIpc) is 1.81. The van der Waals surface area contributed by atoms with Crippen molar-refractivity contribution in [1.29, 1.82) is 0 Å². The zero-order chi connectivity index (χ0) is 9.02. The van der Waals surface area contributed by atoms with Crippen LogP contribution >= 0.6 is 0 Å². The number of rotatable bonds is 4. The van der Waals surface area contributed by atoms with Crippen LogP contribution in [0.2, 0.25) is 0 Å². The third kappa shape index (κ3) is 4.41. The molecule has 2 N–H and O–H groups in total. The standard InChI is InChI=1S/C10H23N/c1-7(2)10(8(3)4)6-9(5)11/h7-10H,6,11H2,1-5H3. The molecule has 0 fully saturated rings. The Kier molecular flexibility index (Phi) is 4.74. The Hall–Kier alpha value is -0.0400. The van der Waals surface area contributed by atoms with Crippen molar-refractivity contribution in [2.24, 2.45) is 23.5 Å². The monoisotopic (exact) mass is 157 g/mol. The minimum Gasteiger partial charge on any atom is -0.328 e. The predicted molar refractivity (Wildman–Crippen MR) is 51.4 cm³/mol. The Morgan fingerprint density at radius 2 is 1.27 bits per heavy atom. The molecule has 0 aliphatic rings. The van der Waals surface area contributed by atoms with E-state index >= 15 is 0 Å². The molecular formula is C10H23N. The molecule has 68 valence electrons. The minimum atomic E-state index is 0.352. The smallest absolute Gasteiger partial charge is 0.00133 e. The first-order chi connectivity index (χ1) is 4.95. The molecule has 1 atom stereocenters. The lowest BCUT2D eigenvalue weighted by Gasteiger charge is -2.26. The molecule has 0 aromatic heterocycles. The van der Waals surface area contributed by atoms with E-state index < -0.39 is 0 Å². The molecule has 0 spiro atoms. The topological polar surface area (TPSA) is 26.0 Å². The number of hydrogen-bond donors (Lipinski definition) is 1. The van der Waals surface area contributed by atoms with Crippen LogP contribution in [0.3, 0.4) is 0 Å². The van der Waals surface area contributed by atoms with Crippen molar-refractivity contribution >= 4 is 0 Å². The summed E-state index contributed by atoms with van der Waals surface area (Å²) in [5, 5.41) is 0. The lowest BCUT2D eigenvalue weighted by Crippen LogP contribution is -2.25. The Labute approximate surface area is 71.4 Å². The van der Waals surface area contributed by atoms with Gasteiger partial charge in [-0.3, -0.25) is 0 Å². The SMILES string of the molecule is CC(N)CC(C(C)C)C(C)C. The van der Waals surface area contributed by atoms with Crippen molar-refractivity contribution in [2.45, 2.75) is 47.1 Å². The summed E-state index contributed by atoms with van der Waals surface area (Å²) in [4.78, 5) is 0. The summed E-state index contributed by atoms with van der Waals surface area (Å²) in [7, 11) is 0. The van der Waals surface area contributed by atoms with Crippen LogP contribution in [0.5, 0.6) is 0 Å². The second-order valence-electron chi connectivity index (χ2n) is 4.36. The summed E-state index contributed by atoms with van der Waals surface area (Å²) in [6.07, 6.45) is 1.16. The van der Waals surface area contributed by atoms with E-state index in [1.807, 2.05) is 0 Å². The Balaban J connectivity index is 3.90. The summed E-state index contributed by atoms with van der Waals surface area (Å²) in [6, 6.07) is 0.352. The highest BCUT2D eigenvalue weighted by atomic mass is 14.6. The highest BCUT2D eigenvalue weighted by molar-refractivity contribution is 4.70. The van der Waals surface area contributed by atoms with E-state index in [2.05, 4.69) is 34.6 Å². The van der Waals surface area contributed by atoms with Crippen molar-refractivity contribution in [1.82, 2.24) is 0 Å². The van der Waals surface area contributed by atoms with E-state index in [0.717, 1.165) is 24.2 Å². The molecule has 0 radical (unpaired) electrons. The fraction of sp³-hybridized carbons (Fsp3) is 1.00. The maximum Gasteiger partial charge on any atom is 0.00133 e. The van der Waals surface area contributed by atoms with Crippen LogP contribution in [0.4, 0.5) is 0 Å². The predicted octanol–water partition coefficient (Wildman–Crippen LogP) is 2.65. The molecule has 0 aromatic rings. The van der Waals surface area contributed by atoms with Crippen LogP contribution in [0.1, 0.15) is 41.0 Å². The van der Waals surface area contributed by atoms with Gasteiger partial charge in [-0.15, -0.1) is 0 Å². The molecular weight excluding hydrogens is 134 g/mol. The third-order valence-corrected chi connectivity index (χ3v) is 2.36. The van der Waals surface area contributed by atoms with Gasteiger partial charge in [0.25, 0.3) is 0 Å². The Morgan fingerprint density at radius 1 is 0.909 bits per heavy atom. The molecule has 0 aliphatic carbocycles. The van der Waals surface area contributed by atoms with Gasteiger partial charge >= 0.3 is 0 Å². The largest absolute Gasteiger partial charge is 0.328 e. The second-order valence-corrected chi connectivity index (χ2v) is 4.36.